The molecular formula is C21H21FN4O3S2. The molecular weight excluding hydrogens is 439 g/mol. The number of fused-ring (bicyclic) bond motifs is 1. The van der Waals surface area contributed by atoms with Crippen molar-refractivity contribution in [1.82, 2.24) is 15.1 Å². The van der Waals surface area contributed by atoms with Crippen molar-refractivity contribution in [2.75, 3.05) is 30.8 Å². The molecule has 1 amide bonds. The van der Waals surface area contributed by atoms with E-state index in [4.69, 9.17) is 9.47 Å². The lowest BCUT2D eigenvalue weighted by atomic mass is 10.2. The molecule has 1 aliphatic rings. The lowest BCUT2D eigenvalue weighted by molar-refractivity contribution is -0.128. The van der Waals surface area contributed by atoms with E-state index in [9.17, 15) is 9.18 Å². The molecule has 0 atom stereocenters. The lowest BCUT2D eigenvalue weighted by Crippen LogP contribution is -2.31. The molecule has 0 unspecified atom stereocenters. The molecule has 0 fully saturated rings. The molecule has 31 heavy (non-hydrogen) atoms. The number of anilines is 2. The molecule has 1 aromatic heterocycles. The van der Waals surface area contributed by atoms with Gasteiger partial charge < -0.3 is 19.7 Å². The average molecular weight is 461 g/mol. The molecule has 0 spiro atoms. The van der Waals surface area contributed by atoms with E-state index in [1.165, 1.54) is 35.2 Å². The highest BCUT2D eigenvalue weighted by atomic mass is 32.2. The third-order valence-corrected chi connectivity index (χ3v) is 6.47. The van der Waals surface area contributed by atoms with Gasteiger partial charge in [-0.15, -0.1) is 10.2 Å². The number of nitrogens with one attached hydrogen (secondary N) is 1. The summed E-state index contributed by atoms with van der Waals surface area (Å²) in [5.74, 6) is 1.39. The normalized spacial score (nSPS) is 12.5. The molecule has 2 heterocycles. The van der Waals surface area contributed by atoms with E-state index in [2.05, 4.69) is 15.5 Å². The van der Waals surface area contributed by atoms with Gasteiger partial charge in [0.05, 0.1) is 5.75 Å². The van der Waals surface area contributed by atoms with Gasteiger partial charge in [0.2, 0.25) is 11.0 Å². The van der Waals surface area contributed by atoms with Gasteiger partial charge in [0, 0.05) is 18.8 Å². The number of rotatable bonds is 8. The monoisotopic (exact) mass is 460 g/mol. The fourth-order valence-corrected chi connectivity index (χ4v) is 4.68. The summed E-state index contributed by atoms with van der Waals surface area (Å²) in [5, 5.41) is 11.7. The molecule has 1 N–H and O–H groups in total. The van der Waals surface area contributed by atoms with E-state index < -0.39 is 0 Å². The highest BCUT2D eigenvalue weighted by Gasteiger charge is 2.17. The highest BCUT2D eigenvalue weighted by molar-refractivity contribution is 8.01. The maximum atomic E-state index is 13.3. The first-order valence-electron chi connectivity index (χ1n) is 9.76. The highest BCUT2D eigenvalue weighted by Crippen LogP contribution is 2.31. The Labute approximate surface area is 187 Å². The molecule has 0 saturated carbocycles. The topological polar surface area (TPSA) is 76.6 Å². The number of thioether (sulfide) groups is 1. The van der Waals surface area contributed by atoms with E-state index in [-0.39, 0.29) is 17.5 Å². The van der Waals surface area contributed by atoms with Gasteiger partial charge in [0.1, 0.15) is 19.0 Å². The summed E-state index contributed by atoms with van der Waals surface area (Å²) in [6, 6.07) is 11.9. The van der Waals surface area contributed by atoms with E-state index in [1.807, 2.05) is 25.1 Å². The van der Waals surface area contributed by atoms with Crippen molar-refractivity contribution in [3.8, 4) is 11.5 Å². The lowest BCUT2D eigenvalue weighted by Gasteiger charge is -2.23. The molecule has 0 aliphatic carbocycles. The smallest absolute Gasteiger partial charge is 0.233 e. The Balaban J connectivity index is 1.31. The van der Waals surface area contributed by atoms with E-state index in [1.54, 1.807) is 17.0 Å². The summed E-state index contributed by atoms with van der Waals surface area (Å²) in [5.41, 5.74) is 1.59. The van der Waals surface area contributed by atoms with Crippen LogP contribution in [-0.2, 0) is 11.3 Å². The minimum atomic E-state index is -0.326. The molecule has 2 aromatic carbocycles. The zero-order valence-electron chi connectivity index (χ0n) is 16.8. The van der Waals surface area contributed by atoms with Crippen LogP contribution in [0.1, 0.15) is 12.5 Å². The Kier molecular flexibility index (Phi) is 6.88. The standard InChI is InChI=1S/C21H21FN4O3S2/c1-2-26(12-14-6-7-17-18(10-14)29-9-8-28-17)19(27)13-30-21-25-24-20(31-21)23-16-5-3-4-15(22)11-16/h3-7,10-11H,2,8-9,12-13H2,1H3,(H,23,24). The third-order valence-electron chi connectivity index (χ3n) is 4.52. The van der Waals surface area contributed by atoms with Crippen LogP contribution in [0.5, 0.6) is 11.5 Å². The first-order valence-corrected chi connectivity index (χ1v) is 11.6. The number of benzene rings is 2. The fourth-order valence-electron chi connectivity index (χ4n) is 3.01. The Morgan fingerprint density at radius 3 is 2.84 bits per heavy atom. The summed E-state index contributed by atoms with van der Waals surface area (Å²) < 4.78 is 25.1. The third kappa shape index (κ3) is 5.65. The van der Waals surface area contributed by atoms with Crippen LogP contribution in [0.15, 0.2) is 46.8 Å². The molecule has 162 valence electrons. The minimum absolute atomic E-state index is 0.0113. The van der Waals surface area contributed by atoms with Gasteiger partial charge in [-0.25, -0.2) is 4.39 Å². The van der Waals surface area contributed by atoms with Crippen molar-refractivity contribution in [2.45, 2.75) is 17.8 Å². The summed E-state index contributed by atoms with van der Waals surface area (Å²) in [6.45, 7) is 4.12. The molecule has 0 saturated heterocycles. The number of aromatic nitrogens is 2. The largest absolute Gasteiger partial charge is 0.486 e. The van der Waals surface area contributed by atoms with Crippen LogP contribution in [-0.4, -0.2) is 46.5 Å². The predicted molar refractivity (Wildman–Crippen MR) is 119 cm³/mol. The molecule has 3 aromatic rings. The molecule has 7 nitrogen and oxygen atoms in total. The van der Waals surface area contributed by atoms with Gasteiger partial charge in [-0.2, -0.15) is 0 Å². The van der Waals surface area contributed by atoms with Crippen molar-refractivity contribution < 1.29 is 18.7 Å². The number of carbonyl (C=O) groups is 1. The van der Waals surface area contributed by atoms with Gasteiger partial charge in [-0.3, -0.25) is 4.79 Å². The van der Waals surface area contributed by atoms with Gasteiger partial charge in [-0.05, 0) is 42.8 Å². The van der Waals surface area contributed by atoms with Crippen LogP contribution in [0, 0.1) is 5.82 Å². The van der Waals surface area contributed by atoms with Crippen molar-refractivity contribution in [2.24, 2.45) is 0 Å². The van der Waals surface area contributed by atoms with E-state index in [0.29, 0.717) is 47.2 Å². The van der Waals surface area contributed by atoms with E-state index >= 15 is 0 Å². The molecule has 4 rings (SSSR count). The second-order valence-corrected chi connectivity index (χ2v) is 8.88. The van der Waals surface area contributed by atoms with Crippen LogP contribution < -0.4 is 14.8 Å². The zero-order valence-corrected chi connectivity index (χ0v) is 18.5. The maximum absolute atomic E-state index is 13.3. The first kappa shape index (κ1) is 21.4. The summed E-state index contributed by atoms with van der Waals surface area (Å²) in [6.07, 6.45) is 0. The van der Waals surface area contributed by atoms with Crippen molar-refractivity contribution in [3.63, 3.8) is 0 Å². The average Bonchev–Trinajstić information content (AvgIpc) is 3.23. The maximum Gasteiger partial charge on any atom is 0.233 e. The van der Waals surface area contributed by atoms with Crippen LogP contribution in [0.4, 0.5) is 15.2 Å². The van der Waals surface area contributed by atoms with Gasteiger partial charge >= 0.3 is 0 Å². The summed E-state index contributed by atoms with van der Waals surface area (Å²) >= 11 is 2.66. The SMILES string of the molecule is CCN(Cc1ccc2c(c1)OCCO2)C(=O)CSc1nnc(Nc2cccc(F)c2)s1. The van der Waals surface area contributed by atoms with Crippen LogP contribution in [0.2, 0.25) is 0 Å². The molecule has 1 aliphatic heterocycles. The summed E-state index contributed by atoms with van der Waals surface area (Å²) in [4.78, 5) is 14.5. The van der Waals surface area contributed by atoms with Crippen LogP contribution >= 0.6 is 23.1 Å². The second kappa shape index (κ2) is 9.97. The van der Waals surface area contributed by atoms with Crippen LogP contribution in [0.25, 0.3) is 0 Å². The predicted octanol–water partition coefficient (Wildman–Crippen LogP) is 4.33. The number of carbonyl (C=O) groups excluding carboxylic acids is 1. The van der Waals surface area contributed by atoms with Gasteiger partial charge in [-0.1, -0.05) is 35.2 Å². The van der Waals surface area contributed by atoms with E-state index in [0.717, 1.165) is 11.3 Å². The number of amides is 1. The van der Waals surface area contributed by atoms with Crippen molar-refractivity contribution in [3.05, 3.63) is 53.8 Å². The molecule has 0 bridgehead atoms. The Morgan fingerprint density at radius 2 is 2.03 bits per heavy atom. The Morgan fingerprint density at radius 1 is 1.19 bits per heavy atom. The zero-order chi connectivity index (χ0) is 21.6. The molecule has 0 radical (unpaired) electrons. The number of ether oxygens (including phenoxy) is 2. The first-order chi connectivity index (χ1) is 15.1. The van der Waals surface area contributed by atoms with Crippen molar-refractivity contribution in [1.29, 1.82) is 0 Å². The summed E-state index contributed by atoms with van der Waals surface area (Å²) in [7, 11) is 0. The number of hydrogen-bond donors (Lipinski definition) is 1. The van der Waals surface area contributed by atoms with Crippen LogP contribution in [0.3, 0.4) is 0 Å². The number of hydrogen-bond acceptors (Lipinski definition) is 8. The Bertz CT molecular complexity index is 1060. The second-order valence-electron chi connectivity index (χ2n) is 6.68. The quantitative estimate of drug-likeness (QED) is 0.501. The number of halogens is 1. The van der Waals surface area contributed by atoms with Crippen molar-refractivity contribution >= 4 is 39.8 Å². The fraction of sp³-hybridized carbons (Fsp3) is 0.286. The molecule has 10 heteroatoms. The van der Waals surface area contributed by atoms with Gasteiger partial charge in [0.25, 0.3) is 0 Å². The number of nitrogens with zero attached hydrogens (tertiary/aromatic N) is 3. The Hall–Kier alpha value is -2.85. The van der Waals surface area contributed by atoms with Gasteiger partial charge in [0.15, 0.2) is 15.8 Å². The minimum Gasteiger partial charge on any atom is -0.486 e.